The van der Waals surface area contributed by atoms with E-state index in [2.05, 4.69) is 15.6 Å². The zero-order chi connectivity index (χ0) is 28.7. The number of hydrogen-bond donors (Lipinski definition) is 2. The molecule has 1 saturated heterocycles. The van der Waals surface area contributed by atoms with Gasteiger partial charge < -0.3 is 20.4 Å². The molecule has 210 valence electrons. The van der Waals surface area contributed by atoms with Crippen molar-refractivity contribution in [3.63, 3.8) is 0 Å². The lowest BCUT2D eigenvalue weighted by atomic mass is 10.0. The topological polar surface area (TPSA) is 73.4 Å². The molecule has 0 spiro atoms. The lowest BCUT2D eigenvalue weighted by Crippen LogP contribution is -2.51. The highest BCUT2D eigenvalue weighted by atomic mass is 35.5. The summed E-state index contributed by atoms with van der Waals surface area (Å²) < 4.78 is 29.7. The molecule has 0 radical (unpaired) electrons. The summed E-state index contributed by atoms with van der Waals surface area (Å²) in [7, 11) is 0. The van der Waals surface area contributed by atoms with Crippen LogP contribution in [-0.4, -0.2) is 53.0 Å². The first-order valence-electron chi connectivity index (χ1n) is 13.2. The lowest BCUT2D eigenvalue weighted by molar-refractivity contribution is 0.0709. The number of halogens is 4. The van der Waals surface area contributed by atoms with Gasteiger partial charge in [0, 0.05) is 54.7 Å². The number of carbonyl (C=O) groups excluding carboxylic acids is 1. The summed E-state index contributed by atoms with van der Waals surface area (Å²) in [6, 6.07) is 14.3. The van der Waals surface area contributed by atoms with Crippen molar-refractivity contribution in [2.45, 2.75) is 19.4 Å². The maximum atomic E-state index is 14.8. The molecule has 0 saturated carbocycles. The molecule has 3 heterocycles. The molecule has 1 unspecified atom stereocenters. The summed E-state index contributed by atoms with van der Waals surface area (Å²) in [4.78, 5) is 25.7. The number of fused-ring (bicyclic) bond motifs is 3. The monoisotopic (exact) mass is 594 g/mol. The highest BCUT2D eigenvalue weighted by Crippen LogP contribution is 2.42. The first kappa shape index (κ1) is 27.4. The van der Waals surface area contributed by atoms with Crippen molar-refractivity contribution in [1.82, 2.24) is 20.2 Å². The Balaban J connectivity index is 1.31. The Morgan fingerprint density at radius 2 is 1.88 bits per heavy atom. The molecule has 7 nitrogen and oxygen atoms in total. The molecular weight excluding hydrogens is 569 g/mol. The number of nitrogens with zero attached hydrogens (tertiary/aromatic N) is 4. The number of aromatic nitrogens is 2. The summed E-state index contributed by atoms with van der Waals surface area (Å²) in [5.74, 6) is -1.13. The van der Waals surface area contributed by atoms with Gasteiger partial charge in [0.15, 0.2) is 0 Å². The maximum absolute atomic E-state index is 14.8. The second-order valence-electron chi connectivity index (χ2n) is 10.1. The molecule has 1 amide bonds. The highest BCUT2D eigenvalue weighted by Gasteiger charge is 2.27. The number of para-hydroxylation sites is 1. The van der Waals surface area contributed by atoms with Crippen LogP contribution in [0.5, 0.6) is 0 Å². The van der Waals surface area contributed by atoms with E-state index in [1.165, 1.54) is 18.2 Å². The van der Waals surface area contributed by atoms with Crippen LogP contribution in [0, 0.1) is 11.6 Å². The molecule has 1 aromatic heterocycles. The van der Waals surface area contributed by atoms with Crippen molar-refractivity contribution in [2.75, 3.05) is 36.4 Å². The normalized spacial score (nSPS) is 16.6. The highest BCUT2D eigenvalue weighted by molar-refractivity contribution is 6.34. The molecule has 0 bridgehead atoms. The Bertz CT molecular complexity index is 1630. The van der Waals surface area contributed by atoms with Gasteiger partial charge >= 0.3 is 0 Å². The summed E-state index contributed by atoms with van der Waals surface area (Å²) in [5.41, 5.74) is 3.55. The Morgan fingerprint density at radius 3 is 2.63 bits per heavy atom. The van der Waals surface area contributed by atoms with E-state index in [-0.39, 0.29) is 17.6 Å². The van der Waals surface area contributed by atoms with Gasteiger partial charge in [-0.1, -0.05) is 29.3 Å². The molecule has 41 heavy (non-hydrogen) atoms. The molecule has 0 aliphatic carbocycles. The molecule has 2 N–H and O–H groups in total. The van der Waals surface area contributed by atoms with E-state index in [9.17, 15) is 13.6 Å². The average molecular weight is 595 g/mol. The second kappa shape index (κ2) is 11.2. The summed E-state index contributed by atoms with van der Waals surface area (Å²) in [5, 5.41) is 7.25. The van der Waals surface area contributed by atoms with Crippen molar-refractivity contribution in [3.8, 4) is 11.3 Å². The van der Waals surface area contributed by atoms with Gasteiger partial charge in [-0.15, -0.1) is 0 Å². The van der Waals surface area contributed by atoms with Crippen LogP contribution < -0.4 is 15.5 Å². The molecule has 4 aromatic rings. The van der Waals surface area contributed by atoms with E-state index in [0.717, 1.165) is 12.1 Å². The minimum absolute atomic E-state index is 0.109. The SMILES string of the molecule is CC1CN(C(=O)c2ccc(Nc3ncc4c(n3)-c3ccc(Cl)cc3N(c3c(F)cccc3F)CC4)cc2Cl)CCN1. The number of rotatable bonds is 4. The van der Waals surface area contributed by atoms with Crippen LogP contribution in [0.3, 0.4) is 0 Å². The fourth-order valence-corrected chi connectivity index (χ4v) is 5.75. The van der Waals surface area contributed by atoms with Crippen LogP contribution in [0.4, 0.5) is 31.8 Å². The van der Waals surface area contributed by atoms with Gasteiger partial charge in [-0.05, 0) is 67.4 Å². The molecule has 11 heteroatoms. The van der Waals surface area contributed by atoms with E-state index in [1.54, 1.807) is 52.4 Å². The molecule has 1 fully saturated rings. The third-order valence-electron chi connectivity index (χ3n) is 7.29. The Labute approximate surface area is 246 Å². The molecule has 1 atom stereocenters. The zero-order valence-electron chi connectivity index (χ0n) is 22.1. The van der Waals surface area contributed by atoms with Crippen LogP contribution in [0.1, 0.15) is 22.8 Å². The molecule has 6 rings (SSSR count). The Morgan fingerprint density at radius 1 is 1.07 bits per heavy atom. The lowest BCUT2D eigenvalue weighted by Gasteiger charge is -2.32. The third kappa shape index (κ3) is 5.45. The first-order chi connectivity index (χ1) is 19.8. The van der Waals surface area contributed by atoms with Crippen LogP contribution >= 0.6 is 23.2 Å². The quantitative estimate of drug-likeness (QED) is 0.277. The zero-order valence-corrected chi connectivity index (χ0v) is 23.6. The molecular formula is C30H26Cl2F2N6O. The maximum Gasteiger partial charge on any atom is 0.255 e. The van der Waals surface area contributed by atoms with Gasteiger partial charge in [-0.3, -0.25) is 4.79 Å². The minimum atomic E-state index is -0.666. The molecule has 2 aliphatic heterocycles. The van der Waals surface area contributed by atoms with E-state index in [1.807, 2.05) is 6.92 Å². The van der Waals surface area contributed by atoms with E-state index in [4.69, 9.17) is 28.2 Å². The fraction of sp³-hybridized carbons (Fsp3) is 0.233. The number of benzene rings is 3. The van der Waals surface area contributed by atoms with Crippen LogP contribution in [-0.2, 0) is 6.42 Å². The van der Waals surface area contributed by atoms with Gasteiger partial charge in [0.2, 0.25) is 5.95 Å². The number of nitrogens with one attached hydrogen (secondary N) is 2. The molecule has 2 aliphatic rings. The fourth-order valence-electron chi connectivity index (χ4n) is 5.33. The van der Waals surface area contributed by atoms with E-state index >= 15 is 0 Å². The Hall–Kier alpha value is -3.79. The summed E-state index contributed by atoms with van der Waals surface area (Å²) >= 11 is 12.9. The third-order valence-corrected chi connectivity index (χ3v) is 7.84. The Kier molecular flexibility index (Phi) is 7.50. The number of amides is 1. The van der Waals surface area contributed by atoms with Crippen molar-refractivity contribution in [1.29, 1.82) is 0 Å². The predicted octanol–water partition coefficient (Wildman–Crippen LogP) is 6.60. The van der Waals surface area contributed by atoms with E-state index in [0.29, 0.717) is 70.2 Å². The van der Waals surface area contributed by atoms with Crippen molar-refractivity contribution < 1.29 is 13.6 Å². The predicted molar refractivity (Wildman–Crippen MR) is 158 cm³/mol. The number of carbonyl (C=O) groups is 1. The van der Waals surface area contributed by atoms with Crippen LogP contribution in [0.25, 0.3) is 11.3 Å². The average Bonchev–Trinajstić information content (AvgIpc) is 3.09. The summed E-state index contributed by atoms with van der Waals surface area (Å²) in [6.45, 7) is 4.31. The molecule has 3 aromatic carbocycles. The number of anilines is 4. The standard InChI is InChI=1S/C30H26Cl2F2N6O/c1-17-16-39(12-10-35-17)29(41)21-8-6-20(14-23(21)32)37-30-36-15-18-9-11-40(28-24(33)3-2-4-25(28)34)26-13-19(31)5-7-22(26)27(18)38-30/h2-8,13-15,17,35H,9-12,16H2,1H3,(H,36,37,38). The smallest absolute Gasteiger partial charge is 0.255 e. The van der Waals surface area contributed by atoms with Gasteiger partial charge in [-0.2, -0.15) is 0 Å². The van der Waals surface area contributed by atoms with Gasteiger partial charge in [0.05, 0.1) is 22.0 Å². The van der Waals surface area contributed by atoms with Crippen LogP contribution in [0.2, 0.25) is 10.0 Å². The van der Waals surface area contributed by atoms with Crippen molar-refractivity contribution >= 4 is 52.1 Å². The second-order valence-corrected chi connectivity index (χ2v) is 11.0. The van der Waals surface area contributed by atoms with Crippen LogP contribution in [0.15, 0.2) is 60.8 Å². The summed E-state index contributed by atoms with van der Waals surface area (Å²) in [6.07, 6.45) is 2.15. The first-order valence-corrected chi connectivity index (χ1v) is 14.0. The number of piperazine rings is 1. The van der Waals surface area contributed by atoms with E-state index < -0.39 is 11.6 Å². The largest absolute Gasteiger partial charge is 0.336 e. The van der Waals surface area contributed by atoms with Crippen molar-refractivity contribution in [2.24, 2.45) is 0 Å². The van der Waals surface area contributed by atoms with Crippen molar-refractivity contribution in [3.05, 3.63) is 93.6 Å². The van der Waals surface area contributed by atoms with Gasteiger partial charge in [0.25, 0.3) is 5.91 Å². The minimum Gasteiger partial charge on any atom is -0.336 e. The van der Waals surface area contributed by atoms with Gasteiger partial charge in [-0.25, -0.2) is 18.7 Å². The van der Waals surface area contributed by atoms with Gasteiger partial charge in [0.1, 0.15) is 17.3 Å². The number of hydrogen-bond acceptors (Lipinski definition) is 6.